The van der Waals surface area contributed by atoms with Crippen LogP contribution in [0, 0.1) is 12.7 Å². The highest BCUT2D eigenvalue weighted by atomic mass is 35.5. The number of aromatic nitrogens is 2. The molecule has 21 heavy (non-hydrogen) atoms. The Hall–Kier alpha value is -2.40. The average Bonchev–Trinajstić information content (AvgIpc) is 2.90. The van der Waals surface area contributed by atoms with E-state index in [1.807, 2.05) is 6.92 Å². The van der Waals surface area contributed by atoms with Crippen LogP contribution in [0.1, 0.15) is 5.56 Å². The monoisotopic (exact) mass is 303 g/mol. The average molecular weight is 304 g/mol. The SMILES string of the molecule is Cc1ccc(F)cc1-c1noc(-c2cc(N)cc(Cl)c2)n1. The maximum absolute atomic E-state index is 13.3. The van der Waals surface area contributed by atoms with Gasteiger partial charge in [0.1, 0.15) is 5.82 Å². The molecule has 0 fully saturated rings. The predicted molar refractivity (Wildman–Crippen MR) is 79.3 cm³/mol. The van der Waals surface area contributed by atoms with Crippen molar-refractivity contribution in [2.45, 2.75) is 6.92 Å². The third-order valence-electron chi connectivity index (χ3n) is 3.03. The van der Waals surface area contributed by atoms with Gasteiger partial charge in [0.2, 0.25) is 5.82 Å². The zero-order valence-corrected chi connectivity index (χ0v) is 11.9. The minimum Gasteiger partial charge on any atom is -0.399 e. The van der Waals surface area contributed by atoms with Gasteiger partial charge in [-0.15, -0.1) is 0 Å². The maximum atomic E-state index is 13.3. The number of halogens is 2. The number of rotatable bonds is 2. The maximum Gasteiger partial charge on any atom is 0.258 e. The van der Waals surface area contributed by atoms with Crippen molar-refractivity contribution in [1.82, 2.24) is 10.1 Å². The van der Waals surface area contributed by atoms with E-state index in [2.05, 4.69) is 10.1 Å². The van der Waals surface area contributed by atoms with Gasteiger partial charge in [-0.05, 0) is 42.8 Å². The first-order valence-corrected chi connectivity index (χ1v) is 6.57. The Morgan fingerprint density at radius 1 is 1.19 bits per heavy atom. The van der Waals surface area contributed by atoms with E-state index in [4.69, 9.17) is 21.9 Å². The van der Waals surface area contributed by atoms with Crippen LogP contribution in [0.15, 0.2) is 40.9 Å². The van der Waals surface area contributed by atoms with Crippen molar-refractivity contribution in [3.8, 4) is 22.8 Å². The summed E-state index contributed by atoms with van der Waals surface area (Å²) in [7, 11) is 0. The van der Waals surface area contributed by atoms with Crippen molar-refractivity contribution in [1.29, 1.82) is 0 Å². The second-order valence-corrected chi connectivity index (χ2v) is 5.09. The first-order chi connectivity index (χ1) is 10.0. The third-order valence-corrected chi connectivity index (χ3v) is 3.25. The summed E-state index contributed by atoms with van der Waals surface area (Å²) in [5.74, 6) is 0.248. The fourth-order valence-electron chi connectivity index (χ4n) is 2.02. The molecule has 6 heteroatoms. The summed E-state index contributed by atoms with van der Waals surface area (Å²) in [5, 5.41) is 4.37. The normalized spacial score (nSPS) is 10.8. The molecule has 0 amide bonds. The van der Waals surface area contributed by atoms with Crippen LogP contribution in [0.25, 0.3) is 22.8 Å². The molecule has 0 unspecified atom stereocenters. The highest BCUT2D eigenvalue weighted by Crippen LogP contribution is 2.28. The molecule has 106 valence electrons. The number of hydrogen-bond donors (Lipinski definition) is 1. The largest absolute Gasteiger partial charge is 0.399 e. The molecule has 0 atom stereocenters. The van der Waals surface area contributed by atoms with Crippen LogP contribution in [-0.2, 0) is 0 Å². The molecule has 0 aliphatic carbocycles. The zero-order chi connectivity index (χ0) is 15.0. The van der Waals surface area contributed by atoms with Gasteiger partial charge >= 0.3 is 0 Å². The highest BCUT2D eigenvalue weighted by Gasteiger charge is 2.14. The van der Waals surface area contributed by atoms with E-state index in [1.165, 1.54) is 12.1 Å². The molecule has 3 aromatic rings. The lowest BCUT2D eigenvalue weighted by Gasteiger charge is -2.00. The molecule has 3 rings (SSSR count). The molecule has 0 bridgehead atoms. The van der Waals surface area contributed by atoms with Crippen LogP contribution in [0.2, 0.25) is 5.02 Å². The van der Waals surface area contributed by atoms with Gasteiger partial charge in [-0.1, -0.05) is 22.8 Å². The Morgan fingerprint density at radius 2 is 2.00 bits per heavy atom. The van der Waals surface area contributed by atoms with E-state index in [0.717, 1.165) is 5.56 Å². The van der Waals surface area contributed by atoms with E-state index in [1.54, 1.807) is 24.3 Å². The lowest BCUT2D eigenvalue weighted by molar-refractivity contribution is 0.432. The predicted octanol–water partition coefficient (Wildman–Crippen LogP) is 4.09. The van der Waals surface area contributed by atoms with E-state index in [0.29, 0.717) is 27.7 Å². The van der Waals surface area contributed by atoms with E-state index in [-0.39, 0.29) is 11.7 Å². The quantitative estimate of drug-likeness (QED) is 0.724. The topological polar surface area (TPSA) is 64.9 Å². The molecule has 1 heterocycles. The second-order valence-electron chi connectivity index (χ2n) is 4.66. The van der Waals surface area contributed by atoms with Crippen molar-refractivity contribution in [2.75, 3.05) is 5.73 Å². The van der Waals surface area contributed by atoms with Crippen LogP contribution in [0.5, 0.6) is 0 Å². The van der Waals surface area contributed by atoms with Crippen LogP contribution in [0.3, 0.4) is 0 Å². The van der Waals surface area contributed by atoms with Crippen LogP contribution in [0.4, 0.5) is 10.1 Å². The number of nitrogens with two attached hydrogens (primary N) is 1. The highest BCUT2D eigenvalue weighted by molar-refractivity contribution is 6.31. The number of aryl methyl sites for hydroxylation is 1. The lowest BCUT2D eigenvalue weighted by atomic mass is 10.1. The minimum absolute atomic E-state index is 0.280. The van der Waals surface area contributed by atoms with E-state index < -0.39 is 0 Å². The molecule has 0 aliphatic heterocycles. The Balaban J connectivity index is 2.05. The molecule has 2 aromatic carbocycles. The fourth-order valence-corrected chi connectivity index (χ4v) is 2.26. The smallest absolute Gasteiger partial charge is 0.258 e. The zero-order valence-electron chi connectivity index (χ0n) is 11.1. The summed E-state index contributed by atoms with van der Waals surface area (Å²) < 4.78 is 18.6. The molecule has 0 aliphatic rings. The third kappa shape index (κ3) is 2.73. The Bertz CT molecular complexity index is 796. The Morgan fingerprint density at radius 3 is 2.76 bits per heavy atom. The number of nitrogens with zero attached hydrogens (tertiary/aromatic N) is 2. The first kappa shape index (κ1) is 13.6. The lowest BCUT2D eigenvalue weighted by Crippen LogP contribution is -1.88. The van der Waals surface area contributed by atoms with Gasteiger partial charge in [0.15, 0.2) is 0 Å². The van der Waals surface area contributed by atoms with Crippen LogP contribution < -0.4 is 5.73 Å². The number of anilines is 1. The summed E-state index contributed by atoms with van der Waals surface area (Å²) in [4.78, 5) is 4.28. The van der Waals surface area contributed by atoms with Gasteiger partial charge in [-0.25, -0.2) is 4.39 Å². The molecule has 0 saturated heterocycles. The molecule has 0 radical (unpaired) electrons. The van der Waals surface area contributed by atoms with Crippen molar-refractivity contribution in [3.05, 3.63) is 52.8 Å². The van der Waals surface area contributed by atoms with Gasteiger partial charge < -0.3 is 10.3 Å². The summed E-state index contributed by atoms with van der Waals surface area (Å²) in [6, 6.07) is 9.40. The Kier molecular flexibility index (Phi) is 3.35. The van der Waals surface area contributed by atoms with E-state index in [9.17, 15) is 4.39 Å². The molecule has 1 aromatic heterocycles. The van der Waals surface area contributed by atoms with E-state index >= 15 is 0 Å². The van der Waals surface area contributed by atoms with Crippen LogP contribution in [-0.4, -0.2) is 10.1 Å². The molecular weight excluding hydrogens is 293 g/mol. The van der Waals surface area contributed by atoms with Gasteiger partial charge in [-0.2, -0.15) is 4.98 Å². The molecule has 0 saturated carbocycles. The first-order valence-electron chi connectivity index (χ1n) is 6.19. The molecule has 2 N–H and O–H groups in total. The number of nitrogen functional groups attached to an aromatic ring is 1. The Labute approximate surface area is 125 Å². The van der Waals surface area contributed by atoms with Crippen molar-refractivity contribution in [3.63, 3.8) is 0 Å². The number of hydrogen-bond acceptors (Lipinski definition) is 4. The van der Waals surface area contributed by atoms with Crippen molar-refractivity contribution in [2.24, 2.45) is 0 Å². The van der Waals surface area contributed by atoms with Crippen LogP contribution >= 0.6 is 11.6 Å². The van der Waals surface area contributed by atoms with Crippen molar-refractivity contribution >= 4 is 17.3 Å². The molecular formula is C15H11ClFN3O. The summed E-state index contributed by atoms with van der Waals surface area (Å²) in [6.07, 6.45) is 0. The summed E-state index contributed by atoms with van der Waals surface area (Å²) >= 11 is 5.95. The minimum atomic E-state index is -0.353. The number of benzene rings is 2. The molecule has 4 nitrogen and oxygen atoms in total. The second kappa shape index (κ2) is 5.18. The van der Waals surface area contributed by atoms with Gasteiger partial charge in [-0.3, -0.25) is 0 Å². The standard InChI is InChI=1S/C15H11ClFN3O/c1-8-2-3-11(17)7-13(8)14-19-15(21-20-14)9-4-10(16)6-12(18)5-9/h2-7H,18H2,1H3. The molecule has 0 spiro atoms. The van der Waals surface area contributed by atoms with Gasteiger partial charge in [0.05, 0.1) is 0 Å². The summed E-state index contributed by atoms with van der Waals surface area (Å²) in [6.45, 7) is 1.85. The van der Waals surface area contributed by atoms with Gasteiger partial charge in [0, 0.05) is 21.8 Å². The van der Waals surface area contributed by atoms with Crippen molar-refractivity contribution < 1.29 is 8.91 Å². The fraction of sp³-hybridized carbons (Fsp3) is 0.0667. The van der Waals surface area contributed by atoms with Gasteiger partial charge in [0.25, 0.3) is 5.89 Å². The summed E-state index contributed by atoms with van der Waals surface area (Å²) in [5.41, 5.74) is 8.29.